The summed E-state index contributed by atoms with van der Waals surface area (Å²) < 4.78 is 13.0. The van der Waals surface area contributed by atoms with Crippen molar-refractivity contribution in [2.75, 3.05) is 11.9 Å². The van der Waals surface area contributed by atoms with E-state index in [0.717, 1.165) is 5.56 Å². The topological polar surface area (TPSA) is 46.1 Å². The smallest absolute Gasteiger partial charge is 0.278 e. The first-order valence-corrected chi connectivity index (χ1v) is 7.55. The van der Waals surface area contributed by atoms with Gasteiger partial charge in [-0.2, -0.15) is 0 Å². The summed E-state index contributed by atoms with van der Waals surface area (Å²) in [6.45, 7) is 0. The van der Waals surface area contributed by atoms with Crippen LogP contribution in [0.15, 0.2) is 60.8 Å². The van der Waals surface area contributed by atoms with Gasteiger partial charge in [0, 0.05) is 18.3 Å². The van der Waals surface area contributed by atoms with E-state index in [4.69, 9.17) is 11.6 Å². The Labute approximate surface area is 143 Å². The fraction of sp³-hybridized carbons (Fsp3) is 0.0556. The van der Waals surface area contributed by atoms with Crippen LogP contribution in [0.1, 0.15) is 10.5 Å². The van der Waals surface area contributed by atoms with Gasteiger partial charge in [-0.15, -0.1) is 0 Å². The average Bonchev–Trinajstić information content (AvgIpc) is 2.62. The van der Waals surface area contributed by atoms with E-state index in [1.807, 2.05) is 30.3 Å². The summed E-state index contributed by atoms with van der Waals surface area (Å²) in [6, 6.07) is 14.9. The number of hydrogen-bond donors (Lipinski definition) is 0. The summed E-state index contributed by atoms with van der Waals surface area (Å²) >= 11 is 6.10. The molecule has 0 fully saturated rings. The van der Waals surface area contributed by atoms with E-state index in [1.165, 1.54) is 35.4 Å². The molecule has 0 bridgehead atoms. The molecule has 24 heavy (non-hydrogen) atoms. The van der Waals surface area contributed by atoms with Gasteiger partial charge in [0.15, 0.2) is 11.5 Å². The summed E-state index contributed by atoms with van der Waals surface area (Å²) in [7, 11) is 1.58. The lowest BCUT2D eigenvalue weighted by Crippen LogP contribution is -2.27. The van der Waals surface area contributed by atoms with E-state index >= 15 is 0 Å². The van der Waals surface area contributed by atoms with Crippen LogP contribution in [0.4, 0.5) is 10.1 Å². The van der Waals surface area contributed by atoms with Crippen LogP contribution in [0, 0.1) is 5.82 Å². The molecule has 0 saturated heterocycles. The second kappa shape index (κ2) is 6.76. The van der Waals surface area contributed by atoms with Crippen LogP contribution in [0.25, 0.3) is 11.4 Å². The van der Waals surface area contributed by atoms with E-state index < -0.39 is 5.91 Å². The van der Waals surface area contributed by atoms with Crippen LogP contribution in [0.3, 0.4) is 0 Å². The maximum Gasteiger partial charge on any atom is 0.278 e. The van der Waals surface area contributed by atoms with Crippen molar-refractivity contribution in [2.45, 2.75) is 0 Å². The van der Waals surface area contributed by atoms with E-state index in [-0.39, 0.29) is 16.5 Å². The number of anilines is 1. The van der Waals surface area contributed by atoms with Gasteiger partial charge in [0.05, 0.1) is 11.2 Å². The zero-order valence-corrected chi connectivity index (χ0v) is 13.5. The zero-order valence-electron chi connectivity index (χ0n) is 12.8. The quantitative estimate of drug-likeness (QED) is 0.716. The summed E-state index contributed by atoms with van der Waals surface area (Å²) in [5, 5.41) is 0.161. The number of carbonyl (C=O) groups excluding carboxylic acids is 1. The molecule has 1 aromatic heterocycles. The number of aromatic nitrogens is 2. The molecule has 0 radical (unpaired) electrons. The molecule has 0 spiro atoms. The van der Waals surface area contributed by atoms with Crippen molar-refractivity contribution in [3.8, 4) is 11.4 Å². The first-order valence-electron chi connectivity index (χ1n) is 7.18. The summed E-state index contributed by atoms with van der Waals surface area (Å²) in [5.74, 6) is -0.354. The molecular formula is C18H13ClFN3O. The second-order valence-electron chi connectivity index (χ2n) is 5.10. The van der Waals surface area contributed by atoms with E-state index in [1.54, 1.807) is 7.05 Å². The lowest BCUT2D eigenvalue weighted by molar-refractivity contribution is 0.0988. The normalized spacial score (nSPS) is 10.5. The van der Waals surface area contributed by atoms with Gasteiger partial charge in [-0.1, -0.05) is 41.9 Å². The summed E-state index contributed by atoms with van der Waals surface area (Å²) in [5.41, 5.74) is 1.42. The van der Waals surface area contributed by atoms with Gasteiger partial charge in [-0.25, -0.2) is 14.4 Å². The van der Waals surface area contributed by atoms with Crippen molar-refractivity contribution in [3.05, 3.63) is 77.3 Å². The van der Waals surface area contributed by atoms with E-state index in [9.17, 15) is 9.18 Å². The van der Waals surface area contributed by atoms with Gasteiger partial charge in [0.25, 0.3) is 5.91 Å². The Bertz CT molecular complexity index is 869. The fourth-order valence-corrected chi connectivity index (χ4v) is 2.36. The molecule has 2 aromatic carbocycles. The largest absolute Gasteiger partial charge is 0.310 e. The molecule has 4 nitrogen and oxygen atoms in total. The Kier molecular flexibility index (Phi) is 4.53. The highest BCUT2D eigenvalue weighted by Gasteiger charge is 2.20. The fourth-order valence-electron chi connectivity index (χ4n) is 2.18. The first-order chi connectivity index (χ1) is 11.6. The minimum atomic E-state index is -0.397. The SMILES string of the molecule is CN(C(=O)c1nc(-c2ccccc2)ncc1Cl)c1ccc(F)cc1. The molecule has 0 saturated carbocycles. The molecule has 0 aliphatic rings. The van der Waals surface area contributed by atoms with Gasteiger partial charge in [-0.3, -0.25) is 4.79 Å². The molecule has 120 valence electrons. The minimum absolute atomic E-state index is 0.0948. The molecule has 6 heteroatoms. The third-order valence-electron chi connectivity index (χ3n) is 3.50. The Morgan fingerprint density at radius 2 is 1.75 bits per heavy atom. The molecule has 3 aromatic rings. The van der Waals surface area contributed by atoms with Crippen LogP contribution in [-0.2, 0) is 0 Å². The van der Waals surface area contributed by atoms with Gasteiger partial charge in [-0.05, 0) is 24.3 Å². The van der Waals surface area contributed by atoms with Crippen LogP contribution in [0.2, 0.25) is 5.02 Å². The summed E-state index contributed by atoms with van der Waals surface area (Å²) in [6.07, 6.45) is 1.41. The summed E-state index contributed by atoms with van der Waals surface area (Å²) in [4.78, 5) is 22.5. The van der Waals surface area contributed by atoms with Gasteiger partial charge in [0.1, 0.15) is 5.82 Å². The van der Waals surface area contributed by atoms with Crippen molar-refractivity contribution in [3.63, 3.8) is 0 Å². The molecule has 0 unspecified atom stereocenters. The molecule has 0 N–H and O–H groups in total. The molecule has 1 amide bonds. The standard InChI is InChI=1S/C18H13ClFN3O/c1-23(14-9-7-13(20)8-10-14)18(24)16-15(19)11-21-17(22-16)12-5-3-2-4-6-12/h2-11H,1H3. The van der Waals surface area contributed by atoms with Crippen molar-refractivity contribution in [1.29, 1.82) is 0 Å². The van der Waals surface area contributed by atoms with Gasteiger partial charge < -0.3 is 4.90 Å². The van der Waals surface area contributed by atoms with Crippen LogP contribution in [0.5, 0.6) is 0 Å². The van der Waals surface area contributed by atoms with E-state index in [0.29, 0.717) is 11.5 Å². The maximum absolute atomic E-state index is 13.0. The van der Waals surface area contributed by atoms with Gasteiger partial charge >= 0.3 is 0 Å². The maximum atomic E-state index is 13.0. The number of carbonyl (C=O) groups is 1. The number of halogens is 2. The Hall–Kier alpha value is -2.79. The van der Waals surface area contributed by atoms with E-state index in [2.05, 4.69) is 9.97 Å². The third kappa shape index (κ3) is 3.26. The predicted octanol–water partition coefficient (Wildman–Crippen LogP) is 4.21. The molecule has 0 aliphatic heterocycles. The predicted molar refractivity (Wildman–Crippen MR) is 91.6 cm³/mol. The van der Waals surface area contributed by atoms with Crippen molar-refractivity contribution in [2.24, 2.45) is 0 Å². The number of rotatable bonds is 3. The molecular weight excluding hydrogens is 329 g/mol. The Balaban J connectivity index is 1.96. The third-order valence-corrected chi connectivity index (χ3v) is 3.77. The van der Waals surface area contributed by atoms with Gasteiger partial charge in [0.2, 0.25) is 0 Å². The van der Waals surface area contributed by atoms with Crippen LogP contribution >= 0.6 is 11.6 Å². The lowest BCUT2D eigenvalue weighted by Gasteiger charge is -2.17. The Morgan fingerprint density at radius 3 is 2.42 bits per heavy atom. The lowest BCUT2D eigenvalue weighted by atomic mass is 10.2. The molecule has 0 atom stereocenters. The average molecular weight is 342 g/mol. The number of amides is 1. The molecule has 0 aliphatic carbocycles. The highest BCUT2D eigenvalue weighted by atomic mass is 35.5. The zero-order chi connectivity index (χ0) is 17.1. The second-order valence-corrected chi connectivity index (χ2v) is 5.50. The molecule has 1 heterocycles. The number of hydrogen-bond acceptors (Lipinski definition) is 3. The van der Waals surface area contributed by atoms with Crippen molar-refractivity contribution >= 4 is 23.2 Å². The first kappa shape index (κ1) is 16.1. The minimum Gasteiger partial charge on any atom is -0.310 e. The molecule has 3 rings (SSSR count). The highest BCUT2D eigenvalue weighted by Crippen LogP contribution is 2.22. The van der Waals surface area contributed by atoms with Crippen molar-refractivity contribution in [1.82, 2.24) is 9.97 Å². The Morgan fingerprint density at radius 1 is 1.08 bits per heavy atom. The monoisotopic (exact) mass is 341 g/mol. The number of nitrogens with zero attached hydrogens (tertiary/aromatic N) is 3. The van der Waals surface area contributed by atoms with Crippen LogP contribution in [-0.4, -0.2) is 22.9 Å². The highest BCUT2D eigenvalue weighted by molar-refractivity contribution is 6.34. The van der Waals surface area contributed by atoms with Crippen LogP contribution < -0.4 is 4.90 Å². The number of benzene rings is 2. The van der Waals surface area contributed by atoms with Crippen molar-refractivity contribution < 1.29 is 9.18 Å².